The SMILES string of the molecule is CN1CCN([C@@H]2CCN(C(=O)c3ccc(-c4ccccc4)cc3)C2)CC1. The van der Waals surface area contributed by atoms with Crippen molar-refractivity contribution in [3.63, 3.8) is 0 Å². The lowest BCUT2D eigenvalue weighted by molar-refractivity contribution is 0.0755. The minimum Gasteiger partial charge on any atom is -0.337 e. The van der Waals surface area contributed by atoms with Crippen LogP contribution in [0.15, 0.2) is 54.6 Å². The molecule has 26 heavy (non-hydrogen) atoms. The van der Waals surface area contributed by atoms with Crippen LogP contribution >= 0.6 is 0 Å². The van der Waals surface area contributed by atoms with Gasteiger partial charge >= 0.3 is 0 Å². The molecule has 0 N–H and O–H groups in total. The normalized spacial score (nSPS) is 21.9. The second-order valence-electron chi connectivity index (χ2n) is 7.48. The second kappa shape index (κ2) is 7.60. The zero-order valence-electron chi connectivity index (χ0n) is 15.5. The first-order chi connectivity index (χ1) is 12.7. The second-order valence-corrected chi connectivity index (χ2v) is 7.48. The molecule has 0 aromatic heterocycles. The third kappa shape index (κ3) is 3.67. The van der Waals surface area contributed by atoms with Gasteiger partial charge in [-0.15, -0.1) is 0 Å². The molecule has 0 unspecified atom stereocenters. The first kappa shape index (κ1) is 17.3. The molecule has 2 aromatic rings. The van der Waals surface area contributed by atoms with Crippen LogP contribution in [0.3, 0.4) is 0 Å². The van der Waals surface area contributed by atoms with E-state index >= 15 is 0 Å². The predicted molar refractivity (Wildman–Crippen MR) is 105 cm³/mol. The molecule has 0 bridgehead atoms. The predicted octanol–water partition coefficient (Wildman–Crippen LogP) is 2.82. The highest BCUT2D eigenvalue weighted by Crippen LogP contribution is 2.22. The van der Waals surface area contributed by atoms with Crippen LogP contribution in [0.4, 0.5) is 0 Å². The maximum atomic E-state index is 12.9. The minimum atomic E-state index is 0.168. The number of hydrogen-bond donors (Lipinski definition) is 0. The highest BCUT2D eigenvalue weighted by molar-refractivity contribution is 5.95. The van der Waals surface area contributed by atoms with Crippen LogP contribution < -0.4 is 0 Å². The molecular formula is C22H27N3O. The van der Waals surface area contributed by atoms with E-state index in [1.807, 2.05) is 35.2 Å². The third-order valence-electron chi connectivity index (χ3n) is 5.74. The Bertz CT molecular complexity index is 736. The average molecular weight is 349 g/mol. The number of carbonyl (C=O) groups excluding carboxylic acids is 1. The van der Waals surface area contributed by atoms with Crippen LogP contribution in [0.1, 0.15) is 16.8 Å². The van der Waals surface area contributed by atoms with Gasteiger partial charge in [0.25, 0.3) is 5.91 Å². The van der Waals surface area contributed by atoms with Gasteiger partial charge in [-0.2, -0.15) is 0 Å². The molecule has 2 saturated heterocycles. The Morgan fingerprint density at radius 1 is 0.846 bits per heavy atom. The van der Waals surface area contributed by atoms with Gasteiger partial charge < -0.3 is 9.80 Å². The van der Waals surface area contributed by atoms with Gasteiger partial charge in [-0.3, -0.25) is 9.69 Å². The van der Waals surface area contributed by atoms with Crippen molar-refractivity contribution >= 4 is 5.91 Å². The summed E-state index contributed by atoms with van der Waals surface area (Å²) in [6.45, 7) is 6.24. The van der Waals surface area contributed by atoms with Crippen LogP contribution in [0.5, 0.6) is 0 Å². The fourth-order valence-corrected chi connectivity index (χ4v) is 4.03. The largest absolute Gasteiger partial charge is 0.337 e. The first-order valence-electron chi connectivity index (χ1n) is 9.58. The fraction of sp³-hybridized carbons (Fsp3) is 0.409. The highest BCUT2D eigenvalue weighted by Gasteiger charge is 2.31. The van der Waals surface area contributed by atoms with Crippen molar-refractivity contribution in [2.24, 2.45) is 0 Å². The van der Waals surface area contributed by atoms with Crippen LogP contribution in [-0.2, 0) is 0 Å². The van der Waals surface area contributed by atoms with E-state index in [1.54, 1.807) is 0 Å². The average Bonchev–Trinajstić information content (AvgIpc) is 3.19. The van der Waals surface area contributed by atoms with E-state index in [0.29, 0.717) is 6.04 Å². The van der Waals surface area contributed by atoms with Crippen LogP contribution in [0.25, 0.3) is 11.1 Å². The van der Waals surface area contributed by atoms with Crippen LogP contribution in [-0.4, -0.2) is 73.0 Å². The van der Waals surface area contributed by atoms with Crippen molar-refractivity contribution < 1.29 is 4.79 Å². The monoisotopic (exact) mass is 349 g/mol. The van der Waals surface area contributed by atoms with Gasteiger partial charge in [0.1, 0.15) is 0 Å². The molecule has 2 aromatic carbocycles. The molecule has 1 atom stereocenters. The fourth-order valence-electron chi connectivity index (χ4n) is 4.03. The molecule has 2 heterocycles. The standard InChI is InChI=1S/C22H27N3O/c1-23-13-15-24(16-14-23)21-11-12-25(17-21)22(26)20-9-7-19(8-10-20)18-5-3-2-4-6-18/h2-10,21H,11-17H2,1H3/t21-/m1/s1. The van der Waals surface area contributed by atoms with Crippen LogP contribution in [0, 0.1) is 0 Å². The summed E-state index contributed by atoms with van der Waals surface area (Å²) in [6.07, 6.45) is 1.09. The van der Waals surface area contributed by atoms with E-state index in [1.165, 1.54) is 5.56 Å². The van der Waals surface area contributed by atoms with Crippen molar-refractivity contribution in [2.45, 2.75) is 12.5 Å². The summed E-state index contributed by atoms with van der Waals surface area (Å²) in [7, 11) is 2.18. The number of benzene rings is 2. The number of amides is 1. The number of nitrogens with zero attached hydrogens (tertiary/aromatic N) is 3. The Hall–Kier alpha value is -2.17. The Labute approximate surface area is 156 Å². The lowest BCUT2D eigenvalue weighted by atomic mass is 10.0. The van der Waals surface area contributed by atoms with Crippen molar-refractivity contribution in [1.82, 2.24) is 14.7 Å². The molecule has 4 heteroatoms. The van der Waals surface area contributed by atoms with Gasteiger partial charge in [0.15, 0.2) is 0 Å². The van der Waals surface area contributed by atoms with Crippen molar-refractivity contribution in [3.8, 4) is 11.1 Å². The zero-order valence-corrected chi connectivity index (χ0v) is 15.5. The summed E-state index contributed by atoms with van der Waals surface area (Å²) >= 11 is 0. The number of likely N-dealkylation sites (N-methyl/N-ethyl adjacent to an activating group) is 1. The van der Waals surface area contributed by atoms with E-state index < -0.39 is 0 Å². The van der Waals surface area contributed by atoms with Gasteiger partial charge in [-0.1, -0.05) is 42.5 Å². The van der Waals surface area contributed by atoms with E-state index in [9.17, 15) is 4.79 Å². The molecule has 0 radical (unpaired) electrons. The van der Waals surface area contributed by atoms with E-state index in [4.69, 9.17) is 0 Å². The molecule has 2 aliphatic heterocycles. The molecule has 4 rings (SSSR count). The number of carbonyl (C=O) groups is 1. The molecule has 0 saturated carbocycles. The number of piperazine rings is 1. The minimum absolute atomic E-state index is 0.168. The van der Waals surface area contributed by atoms with Gasteiger partial charge in [-0.25, -0.2) is 0 Å². The maximum absolute atomic E-state index is 12.9. The summed E-state index contributed by atoms with van der Waals surface area (Å²) in [4.78, 5) is 19.8. The summed E-state index contributed by atoms with van der Waals surface area (Å²) in [6, 6.07) is 18.8. The molecule has 2 fully saturated rings. The number of rotatable bonds is 3. The summed E-state index contributed by atoms with van der Waals surface area (Å²) < 4.78 is 0. The molecule has 0 aliphatic carbocycles. The van der Waals surface area contributed by atoms with Gasteiger partial charge in [0.05, 0.1) is 0 Å². The van der Waals surface area contributed by atoms with E-state index in [2.05, 4.69) is 41.1 Å². The summed E-state index contributed by atoms with van der Waals surface area (Å²) in [5.41, 5.74) is 3.13. The van der Waals surface area contributed by atoms with E-state index in [0.717, 1.165) is 56.8 Å². The van der Waals surface area contributed by atoms with Crippen molar-refractivity contribution in [1.29, 1.82) is 0 Å². The van der Waals surface area contributed by atoms with Crippen LogP contribution in [0.2, 0.25) is 0 Å². The smallest absolute Gasteiger partial charge is 0.253 e. The Morgan fingerprint density at radius 3 is 2.19 bits per heavy atom. The Kier molecular flexibility index (Phi) is 5.05. The lowest BCUT2D eigenvalue weighted by Crippen LogP contribution is -2.50. The maximum Gasteiger partial charge on any atom is 0.253 e. The topological polar surface area (TPSA) is 26.8 Å². The third-order valence-corrected chi connectivity index (χ3v) is 5.74. The lowest BCUT2D eigenvalue weighted by Gasteiger charge is -2.36. The Balaban J connectivity index is 1.39. The molecule has 136 valence electrons. The number of likely N-dealkylation sites (tertiary alicyclic amines) is 1. The van der Waals surface area contributed by atoms with E-state index in [-0.39, 0.29) is 5.91 Å². The summed E-state index contributed by atoms with van der Waals surface area (Å²) in [5, 5.41) is 0. The number of hydrogen-bond acceptors (Lipinski definition) is 3. The first-order valence-corrected chi connectivity index (χ1v) is 9.58. The molecule has 4 nitrogen and oxygen atoms in total. The Morgan fingerprint density at radius 2 is 1.50 bits per heavy atom. The van der Waals surface area contributed by atoms with Crippen molar-refractivity contribution in [2.75, 3.05) is 46.3 Å². The van der Waals surface area contributed by atoms with Gasteiger partial charge in [0, 0.05) is 50.9 Å². The van der Waals surface area contributed by atoms with Gasteiger partial charge in [0.2, 0.25) is 0 Å². The molecule has 1 amide bonds. The summed E-state index contributed by atoms with van der Waals surface area (Å²) in [5.74, 6) is 0.168. The zero-order chi connectivity index (χ0) is 17.9. The highest BCUT2D eigenvalue weighted by atomic mass is 16.2. The molecule has 0 spiro atoms. The van der Waals surface area contributed by atoms with Crippen molar-refractivity contribution in [3.05, 3.63) is 60.2 Å². The van der Waals surface area contributed by atoms with Gasteiger partial charge in [-0.05, 0) is 36.7 Å². The molecular weight excluding hydrogens is 322 g/mol. The quantitative estimate of drug-likeness (QED) is 0.853. The molecule has 2 aliphatic rings.